The first kappa shape index (κ1) is 21.2. The minimum absolute atomic E-state index is 0.117. The van der Waals surface area contributed by atoms with Gasteiger partial charge in [0.1, 0.15) is 4.88 Å². The molecule has 30 heavy (non-hydrogen) atoms. The quantitative estimate of drug-likeness (QED) is 0.462. The van der Waals surface area contributed by atoms with E-state index in [0.717, 1.165) is 59.2 Å². The van der Waals surface area contributed by atoms with Gasteiger partial charge in [0.2, 0.25) is 0 Å². The van der Waals surface area contributed by atoms with Crippen LogP contribution in [0, 0.1) is 0 Å². The lowest BCUT2D eigenvalue weighted by atomic mass is 10.1. The number of rotatable bonds is 6. The van der Waals surface area contributed by atoms with Gasteiger partial charge in [-0.15, -0.1) is 11.3 Å². The molecule has 156 valence electrons. The summed E-state index contributed by atoms with van der Waals surface area (Å²) in [4.78, 5) is 17.8. The molecular formula is C23H23BrClN3OS. The van der Waals surface area contributed by atoms with E-state index in [2.05, 4.69) is 62.5 Å². The fourth-order valence-corrected chi connectivity index (χ4v) is 5.27. The normalized spacial score (nSPS) is 14.1. The lowest BCUT2D eigenvalue weighted by molar-refractivity contribution is 0.0751. The van der Waals surface area contributed by atoms with E-state index in [-0.39, 0.29) is 5.91 Å². The summed E-state index contributed by atoms with van der Waals surface area (Å²) >= 11 is 10.9. The van der Waals surface area contributed by atoms with Crippen LogP contribution in [0.4, 0.5) is 11.4 Å². The maximum absolute atomic E-state index is 12.8. The molecule has 3 aromatic rings. The largest absolute Gasteiger partial charge is 0.383 e. The van der Waals surface area contributed by atoms with Crippen LogP contribution in [0.15, 0.2) is 64.5 Å². The molecule has 7 heteroatoms. The van der Waals surface area contributed by atoms with E-state index in [1.54, 1.807) is 0 Å². The molecule has 1 aliphatic rings. The third kappa shape index (κ3) is 4.99. The number of anilines is 2. The van der Waals surface area contributed by atoms with Gasteiger partial charge in [0, 0.05) is 42.2 Å². The maximum Gasteiger partial charge on any atom is 0.265 e. The lowest BCUT2D eigenvalue weighted by Crippen LogP contribution is -2.48. The molecule has 1 saturated heterocycles. The Labute approximate surface area is 194 Å². The molecule has 1 aromatic heterocycles. The number of nitrogens with zero attached hydrogens (tertiary/aromatic N) is 2. The topological polar surface area (TPSA) is 35.6 Å². The zero-order valence-corrected chi connectivity index (χ0v) is 19.6. The highest BCUT2D eigenvalue weighted by atomic mass is 79.9. The van der Waals surface area contributed by atoms with Crippen LogP contribution in [0.2, 0.25) is 5.02 Å². The number of carbonyl (C=O) groups is 1. The highest BCUT2D eigenvalue weighted by Gasteiger charge is 2.25. The first-order valence-electron chi connectivity index (χ1n) is 9.96. The Balaban J connectivity index is 1.35. The van der Waals surface area contributed by atoms with Crippen LogP contribution >= 0.6 is 38.9 Å². The maximum atomic E-state index is 12.8. The van der Waals surface area contributed by atoms with E-state index >= 15 is 0 Å². The summed E-state index contributed by atoms with van der Waals surface area (Å²) in [5, 5.41) is 6.29. The third-order valence-electron chi connectivity index (χ3n) is 5.27. The van der Waals surface area contributed by atoms with Crippen molar-refractivity contribution < 1.29 is 4.79 Å². The fourth-order valence-electron chi connectivity index (χ4n) is 3.63. The van der Waals surface area contributed by atoms with Crippen LogP contribution in [0.3, 0.4) is 0 Å². The van der Waals surface area contributed by atoms with E-state index in [9.17, 15) is 4.79 Å². The number of hydrogen-bond donors (Lipinski definition) is 1. The van der Waals surface area contributed by atoms with E-state index < -0.39 is 0 Å². The van der Waals surface area contributed by atoms with E-state index in [4.69, 9.17) is 11.6 Å². The Morgan fingerprint density at radius 3 is 2.47 bits per heavy atom. The standard InChI is InChI=1S/C23H23BrClN3OS/c24-19-10-16-30-22(19)23(29)28-14-12-27(13-15-28)21-4-2-1-3-20(21)26-11-9-17-5-7-18(25)8-6-17/h1-8,10,16,26H,9,11-15H2. The first-order chi connectivity index (χ1) is 14.6. The first-order valence-corrected chi connectivity index (χ1v) is 12.0. The number of nitrogens with one attached hydrogen (secondary N) is 1. The number of hydrogen-bond acceptors (Lipinski definition) is 4. The molecule has 0 unspecified atom stereocenters. The van der Waals surface area contributed by atoms with Crippen molar-refractivity contribution in [3.8, 4) is 0 Å². The van der Waals surface area contributed by atoms with Gasteiger partial charge in [-0.25, -0.2) is 0 Å². The van der Waals surface area contributed by atoms with Crippen molar-refractivity contribution in [3.63, 3.8) is 0 Å². The zero-order valence-electron chi connectivity index (χ0n) is 16.5. The van der Waals surface area contributed by atoms with Crippen LogP contribution in [0.5, 0.6) is 0 Å². The number of para-hydroxylation sites is 2. The Hall–Kier alpha value is -2.02. The molecule has 4 rings (SSSR count). The van der Waals surface area contributed by atoms with Crippen LogP contribution in [-0.4, -0.2) is 43.5 Å². The number of benzene rings is 2. The van der Waals surface area contributed by atoms with Crippen LogP contribution in [-0.2, 0) is 6.42 Å². The van der Waals surface area contributed by atoms with Gasteiger partial charge in [-0.2, -0.15) is 0 Å². The van der Waals surface area contributed by atoms with Crippen molar-refractivity contribution in [2.75, 3.05) is 42.9 Å². The average molecular weight is 505 g/mol. The monoisotopic (exact) mass is 503 g/mol. The molecule has 2 aromatic carbocycles. The van der Waals surface area contributed by atoms with E-state index in [1.165, 1.54) is 22.6 Å². The van der Waals surface area contributed by atoms with Crippen molar-refractivity contribution in [1.82, 2.24) is 4.90 Å². The molecule has 0 bridgehead atoms. The van der Waals surface area contributed by atoms with Gasteiger partial charge in [0.25, 0.3) is 5.91 Å². The summed E-state index contributed by atoms with van der Waals surface area (Å²) in [6.07, 6.45) is 0.934. The number of piperazine rings is 1. The number of amides is 1. The zero-order chi connectivity index (χ0) is 20.9. The molecule has 2 heterocycles. The average Bonchev–Trinajstić information content (AvgIpc) is 3.21. The Morgan fingerprint density at radius 1 is 1.03 bits per heavy atom. The van der Waals surface area contributed by atoms with Gasteiger partial charge in [-0.1, -0.05) is 35.9 Å². The SMILES string of the molecule is O=C(c1sccc1Br)N1CCN(c2ccccc2NCCc2ccc(Cl)cc2)CC1. The molecule has 1 fully saturated rings. The summed E-state index contributed by atoms with van der Waals surface area (Å²) in [6.45, 7) is 3.95. The van der Waals surface area contributed by atoms with Gasteiger partial charge < -0.3 is 15.1 Å². The van der Waals surface area contributed by atoms with Gasteiger partial charge in [-0.3, -0.25) is 4.79 Å². The van der Waals surface area contributed by atoms with Crippen LogP contribution < -0.4 is 10.2 Å². The molecule has 1 N–H and O–H groups in total. The summed E-state index contributed by atoms with van der Waals surface area (Å²) in [5.41, 5.74) is 3.58. The number of carbonyl (C=O) groups excluding carboxylic acids is 1. The Morgan fingerprint density at radius 2 is 1.77 bits per heavy atom. The molecule has 4 nitrogen and oxygen atoms in total. The van der Waals surface area contributed by atoms with E-state index in [1.807, 2.05) is 28.5 Å². The third-order valence-corrected chi connectivity index (χ3v) is 7.34. The van der Waals surface area contributed by atoms with Gasteiger partial charge >= 0.3 is 0 Å². The molecule has 0 atom stereocenters. The second kappa shape index (κ2) is 9.86. The van der Waals surface area contributed by atoms with Gasteiger partial charge in [-0.05, 0) is 63.6 Å². The molecule has 0 saturated carbocycles. The summed E-state index contributed by atoms with van der Waals surface area (Å²) in [7, 11) is 0. The van der Waals surface area contributed by atoms with Crippen molar-refractivity contribution >= 4 is 56.1 Å². The van der Waals surface area contributed by atoms with Gasteiger partial charge in [0.05, 0.1) is 11.4 Å². The summed E-state index contributed by atoms with van der Waals surface area (Å²) in [6, 6.07) is 18.3. The smallest absolute Gasteiger partial charge is 0.265 e. The Kier molecular flexibility index (Phi) is 6.97. The van der Waals surface area contributed by atoms with Crippen molar-refractivity contribution in [2.24, 2.45) is 0 Å². The Bertz CT molecular complexity index is 1000. The minimum Gasteiger partial charge on any atom is -0.383 e. The summed E-state index contributed by atoms with van der Waals surface area (Å²) in [5.74, 6) is 0.117. The van der Waals surface area contributed by atoms with Crippen LogP contribution in [0.1, 0.15) is 15.2 Å². The highest BCUT2D eigenvalue weighted by Crippen LogP contribution is 2.28. The molecular weight excluding hydrogens is 482 g/mol. The fraction of sp³-hybridized carbons (Fsp3) is 0.261. The molecule has 0 radical (unpaired) electrons. The van der Waals surface area contributed by atoms with E-state index in [0.29, 0.717) is 0 Å². The second-order valence-corrected chi connectivity index (χ2v) is 9.40. The lowest BCUT2D eigenvalue weighted by Gasteiger charge is -2.37. The highest BCUT2D eigenvalue weighted by molar-refractivity contribution is 9.10. The van der Waals surface area contributed by atoms with Gasteiger partial charge in [0.15, 0.2) is 0 Å². The van der Waals surface area contributed by atoms with Crippen molar-refractivity contribution in [1.29, 1.82) is 0 Å². The molecule has 0 aliphatic carbocycles. The van der Waals surface area contributed by atoms with Crippen molar-refractivity contribution in [3.05, 3.63) is 79.9 Å². The minimum atomic E-state index is 0.117. The van der Waals surface area contributed by atoms with Crippen LogP contribution in [0.25, 0.3) is 0 Å². The summed E-state index contributed by atoms with van der Waals surface area (Å²) < 4.78 is 0.884. The number of thiophene rings is 1. The second-order valence-electron chi connectivity index (χ2n) is 7.20. The van der Waals surface area contributed by atoms with Crippen molar-refractivity contribution in [2.45, 2.75) is 6.42 Å². The predicted octanol–water partition coefficient (Wildman–Crippen LogP) is 5.78. The predicted molar refractivity (Wildman–Crippen MR) is 130 cm³/mol. The molecule has 1 amide bonds. The molecule has 0 spiro atoms. The number of halogens is 2. The molecule has 1 aliphatic heterocycles.